The first kappa shape index (κ1) is 15.2. The lowest BCUT2D eigenvalue weighted by molar-refractivity contribution is -0.0358. The van der Waals surface area contributed by atoms with E-state index in [0.717, 1.165) is 6.07 Å². The van der Waals surface area contributed by atoms with Crippen LogP contribution in [0.15, 0.2) is 20.0 Å². The van der Waals surface area contributed by atoms with Crippen molar-refractivity contribution < 1.29 is 27.6 Å². The van der Waals surface area contributed by atoms with Crippen LogP contribution in [0.4, 0.5) is 0 Å². The lowest BCUT2D eigenvalue weighted by Crippen LogP contribution is -2.33. The monoisotopic (exact) mass is 341 g/mol. The molecule has 0 bridgehead atoms. The van der Waals surface area contributed by atoms with Gasteiger partial charge in [-0.15, -0.1) is 0 Å². The van der Waals surface area contributed by atoms with E-state index in [1.807, 2.05) is 4.89 Å². The Morgan fingerprint density at radius 3 is 2.44 bits per heavy atom. The van der Waals surface area contributed by atoms with Gasteiger partial charge in [-0.05, 0) is 36.7 Å². The second-order valence-corrected chi connectivity index (χ2v) is 6.69. The van der Waals surface area contributed by atoms with Gasteiger partial charge in [0, 0.05) is 6.07 Å². The number of carboxylic acids is 1. The zero-order chi connectivity index (χ0) is 14.1. The minimum Gasteiger partial charge on any atom is -0.475 e. The smallest absolute Gasteiger partial charge is 0.371 e. The fourth-order valence-electron chi connectivity index (χ4n) is 0.865. The van der Waals surface area contributed by atoms with Gasteiger partial charge in [-0.2, -0.15) is 0 Å². The van der Waals surface area contributed by atoms with Crippen LogP contribution in [-0.4, -0.2) is 25.1 Å². The number of hydrogen-bond acceptors (Lipinski definition) is 5. The predicted octanol–water partition coefficient (Wildman–Crippen LogP) is 1.75. The Morgan fingerprint density at radius 2 is 2.06 bits per heavy atom. The molecule has 0 fully saturated rings. The van der Waals surface area contributed by atoms with Crippen LogP contribution in [-0.2, 0) is 14.9 Å². The SMILES string of the molecule is CC(C)(C)ONS(=O)(=O)c1cc(C(=O)O)oc1Br. The first-order chi connectivity index (χ1) is 8.03. The highest BCUT2D eigenvalue weighted by Crippen LogP contribution is 2.26. The second-order valence-electron chi connectivity index (χ2n) is 4.35. The Bertz CT molecular complexity index is 556. The summed E-state index contributed by atoms with van der Waals surface area (Å²) in [6, 6.07) is 0.890. The highest BCUT2D eigenvalue weighted by atomic mass is 79.9. The summed E-state index contributed by atoms with van der Waals surface area (Å²) in [5.74, 6) is -1.85. The first-order valence-corrected chi connectivity index (χ1v) is 7.03. The minimum atomic E-state index is -4.01. The van der Waals surface area contributed by atoms with E-state index >= 15 is 0 Å². The van der Waals surface area contributed by atoms with Gasteiger partial charge in [-0.3, -0.25) is 4.84 Å². The second kappa shape index (κ2) is 5.00. The molecule has 102 valence electrons. The zero-order valence-electron chi connectivity index (χ0n) is 9.85. The number of nitrogens with one attached hydrogen (secondary N) is 1. The lowest BCUT2D eigenvalue weighted by Gasteiger charge is -2.18. The maximum absolute atomic E-state index is 11.8. The Balaban J connectivity index is 3.02. The topological polar surface area (TPSA) is 106 Å². The van der Waals surface area contributed by atoms with Crippen LogP contribution >= 0.6 is 15.9 Å². The van der Waals surface area contributed by atoms with Crippen LogP contribution in [0, 0.1) is 0 Å². The molecule has 1 aromatic heterocycles. The van der Waals surface area contributed by atoms with Crippen molar-refractivity contribution in [1.29, 1.82) is 0 Å². The summed E-state index contributed by atoms with van der Waals surface area (Å²) < 4.78 is 28.2. The fourth-order valence-corrected chi connectivity index (χ4v) is 2.76. The predicted molar refractivity (Wildman–Crippen MR) is 64.5 cm³/mol. The highest BCUT2D eigenvalue weighted by molar-refractivity contribution is 9.10. The molecule has 0 spiro atoms. The zero-order valence-corrected chi connectivity index (χ0v) is 12.3. The van der Waals surface area contributed by atoms with Gasteiger partial charge in [0.2, 0.25) is 5.76 Å². The van der Waals surface area contributed by atoms with Gasteiger partial charge in [0.1, 0.15) is 4.90 Å². The standard InChI is InChI=1S/C9H12BrNO6S/c1-9(2,3)17-11-18(14,15)6-4-5(8(12)13)16-7(6)10/h4,11H,1-3H3,(H,12,13). The van der Waals surface area contributed by atoms with Gasteiger partial charge in [0.15, 0.2) is 4.67 Å². The van der Waals surface area contributed by atoms with E-state index in [0.29, 0.717) is 0 Å². The molecule has 0 aliphatic heterocycles. The molecular weight excluding hydrogens is 330 g/mol. The van der Waals surface area contributed by atoms with Crippen molar-refractivity contribution in [2.24, 2.45) is 0 Å². The van der Waals surface area contributed by atoms with Crippen molar-refractivity contribution in [3.05, 3.63) is 16.5 Å². The van der Waals surface area contributed by atoms with Crippen LogP contribution < -0.4 is 4.89 Å². The van der Waals surface area contributed by atoms with E-state index in [2.05, 4.69) is 15.9 Å². The van der Waals surface area contributed by atoms with Gasteiger partial charge in [-0.1, -0.05) is 4.89 Å². The Labute approximate surface area is 112 Å². The molecular formula is C9H12BrNO6S. The van der Waals surface area contributed by atoms with Crippen molar-refractivity contribution in [2.75, 3.05) is 0 Å². The van der Waals surface area contributed by atoms with Crippen LogP contribution in [0.3, 0.4) is 0 Å². The maximum Gasteiger partial charge on any atom is 0.371 e. The number of halogens is 1. The molecule has 0 amide bonds. The summed E-state index contributed by atoms with van der Waals surface area (Å²) in [4.78, 5) is 17.1. The van der Waals surface area contributed by atoms with Crippen LogP contribution in [0.25, 0.3) is 0 Å². The Morgan fingerprint density at radius 1 is 1.50 bits per heavy atom. The molecule has 0 radical (unpaired) electrons. The molecule has 7 nitrogen and oxygen atoms in total. The third kappa shape index (κ3) is 3.80. The van der Waals surface area contributed by atoms with E-state index < -0.39 is 27.4 Å². The summed E-state index contributed by atoms with van der Waals surface area (Å²) in [6.45, 7) is 4.97. The van der Waals surface area contributed by atoms with Gasteiger partial charge in [0.05, 0.1) is 5.60 Å². The van der Waals surface area contributed by atoms with E-state index in [9.17, 15) is 13.2 Å². The maximum atomic E-state index is 11.8. The molecule has 0 unspecified atom stereocenters. The Hall–Kier alpha value is -0.900. The van der Waals surface area contributed by atoms with E-state index in [1.54, 1.807) is 20.8 Å². The van der Waals surface area contributed by atoms with Crippen LogP contribution in [0.1, 0.15) is 31.3 Å². The summed E-state index contributed by atoms with van der Waals surface area (Å²) >= 11 is 2.84. The number of carbonyl (C=O) groups is 1. The first-order valence-electron chi connectivity index (χ1n) is 4.75. The molecule has 9 heteroatoms. The number of carboxylic acid groups (broad SMARTS) is 1. The number of hydrogen-bond donors (Lipinski definition) is 2. The number of furan rings is 1. The molecule has 1 heterocycles. The third-order valence-electron chi connectivity index (χ3n) is 1.61. The van der Waals surface area contributed by atoms with Gasteiger partial charge >= 0.3 is 5.97 Å². The highest BCUT2D eigenvalue weighted by Gasteiger charge is 2.26. The van der Waals surface area contributed by atoms with Crippen molar-refractivity contribution in [2.45, 2.75) is 31.3 Å². The van der Waals surface area contributed by atoms with Crippen LogP contribution in [0.2, 0.25) is 0 Å². The Kier molecular flexibility index (Phi) is 4.21. The van der Waals surface area contributed by atoms with Crippen molar-refractivity contribution in [1.82, 2.24) is 4.89 Å². The molecule has 0 aliphatic rings. The van der Waals surface area contributed by atoms with Crippen molar-refractivity contribution in [3.63, 3.8) is 0 Å². The summed E-state index contributed by atoms with van der Waals surface area (Å²) in [5, 5.41) is 8.69. The van der Waals surface area contributed by atoms with Gasteiger partial charge in [0.25, 0.3) is 10.0 Å². The summed E-state index contributed by atoms with van der Waals surface area (Å²) in [7, 11) is -4.01. The summed E-state index contributed by atoms with van der Waals surface area (Å²) in [5.41, 5.74) is -0.723. The summed E-state index contributed by atoms with van der Waals surface area (Å²) in [6.07, 6.45) is 0. The molecule has 0 atom stereocenters. The molecule has 1 rings (SSSR count). The molecule has 0 aliphatic carbocycles. The number of rotatable bonds is 4. The lowest BCUT2D eigenvalue weighted by atomic mass is 10.2. The largest absolute Gasteiger partial charge is 0.475 e. The van der Waals surface area contributed by atoms with Crippen LogP contribution in [0.5, 0.6) is 0 Å². The minimum absolute atomic E-state index is 0.204. The normalized spacial score (nSPS) is 12.7. The van der Waals surface area contributed by atoms with Crippen molar-refractivity contribution >= 4 is 31.9 Å². The van der Waals surface area contributed by atoms with Gasteiger partial charge in [-0.25, -0.2) is 13.2 Å². The van der Waals surface area contributed by atoms with E-state index in [1.165, 1.54) is 0 Å². The third-order valence-corrected chi connectivity index (χ3v) is 3.65. The molecule has 0 saturated carbocycles. The average molecular weight is 342 g/mol. The fraction of sp³-hybridized carbons (Fsp3) is 0.444. The molecule has 1 aromatic rings. The molecule has 0 saturated heterocycles. The molecule has 2 N–H and O–H groups in total. The molecule has 0 aromatic carbocycles. The van der Waals surface area contributed by atoms with E-state index in [4.69, 9.17) is 14.4 Å². The van der Waals surface area contributed by atoms with E-state index in [-0.39, 0.29) is 9.56 Å². The average Bonchev–Trinajstić information content (AvgIpc) is 2.57. The van der Waals surface area contributed by atoms with Gasteiger partial charge < -0.3 is 9.52 Å². The molecule has 18 heavy (non-hydrogen) atoms. The van der Waals surface area contributed by atoms with Crippen molar-refractivity contribution in [3.8, 4) is 0 Å². The number of sulfonamides is 1. The number of aromatic carboxylic acids is 1. The quantitative estimate of drug-likeness (QED) is 0.808.